The van der Waals surface area contributed by atoms with E-state index in [2.05, 4.69) is 4.90 Å². The Hall–Kier alpha value is -5.46. The molecule has 0 aliphatic carbocycles. The van der Waals surface area contributed by atoms with E-state index in [1.807, 2.05) is 49.5 Å². The zero-order chi connectivity index (χ0) is 35.8. The monoisotopic (exact) mass is 687 g/mol. The molecule has 2 heterocycles. The van der Waals surface area contributed by atoms with E-state index in [-0.39, 0.29) is 28.9 Å². The minimum atomic E-state index is -1.26. The van der Waals surface area contributed by atoms with Crippen molar-refractivity contribution >= 4 is 45.0 Å². The number of fused-ring (bicyclic) bond motifs is 1. The zero-order valence-corrected chi connectivity index (χ0v) is 27.8. The summed E-state index contributed by atoms with van der Waals surface area (Å²) >= 11 is 1.37. The fourth-order valence-corrected chi connectivity index (χ4v) is 6.43. The van der Waals surface area contributed by atoms with Crippen LogP contribution >= 0.6 is 11.3 Å². The number of carbonyl (C=O) groups is 3. The van der Waals surface area contributed by atoms with E-state index in [4.69, 9.17) is 15.9 Å². The van der Waals surface area contributed by atoms with Crippen molar-refractivity contribution in [2.45, 2.75) is 33.5 Å². The third kappa shape index (κ3) is 9.12. The lowest BCUT2D eigenvalue weighted by atomic mass is 9.99. The van der Waals surface area contributed by atoms with Gasteiger partial charge >= 0.3 is 11.9 Å². The molecule has 9 nitrogen and oxygen atoms in total. The standard InChI is InChI=1S/C33H31F2N3O2S.C4H4O4/c1-20(2)30(39)26-19-38(18-24-27(34)10-7-11-28(24)35)33-29(31(26)40)25(17-37(3)16-21-8-5-4-6-9-21)32(41-33)22-12-14-23(36)15-13-22;5-3(6)1-2-4(7)8/h4-15,19-20H,16-18,36H2,1-3H3;1-2H,(H,5,6)(H,7,8)/b;2-1+. The van der Waals surface area contributed by atoms with Gasteiger partial charge in [0.05, 0.1) is 17.5 Å². The Labute approximate surface area is 285 Å². The highest BCUT2D eigenvalue weighted by atomic mass is 32.1. The molecule has 5 aromatic rings. The van der Waals surface area contributed by atoms with Crippen LogP contribution in [0.2, 0.25) is 0 Å². The Morgan fingerprint density at radius 1 is 0.878 bits per heavy atom. The topological polar surface area (TPSA) is 143 Å². The highest BCUT2D eigenvalue weighted by Crippen LogP contribution is 2.39. The second kappa shape index (κ2) is 16.1. The molecule has 0 bridgehead atoms. The lowest BCUT2D eigenvalue weighted by Crippen LogP contribution is -2.24. The number of aliphatic carboxylic acids is 2. The van der Waals surface area contributed by atoms with Gasteiger partial charge in [-0.1, -0.05) is 62.4 Å². The normalized spacial score (nSPS) is 11.2. The van der Waals surface area contributed by atoms with E-state index in [0.29, 0.717) is 41.1 Å². The lowest BCUT2D eigenvalue weighted by molar-refractivity contribution is -0.134. The number of nitrogen functional groups attached to an aromatic ring is 1. The molecule has 12 heteroatoms. The molecule has 5 rings (SSSR count). The first kappa shape index (κ1) is 36.4. The van der Waals surface area contributed by atoms with Crippen molar-refractivity contribution in [2.75, 3.05) is 12.8 Å². The van der Waals surface area contributed by atoms with E-state index in [9.17, 15) is 28.0 Å². The highest BCUT2D eigenvalue weighted by Gasteiger charge is 2.26. The van der Waals surface area contributed by atoms with Crippen LogP contribution in [0.3, 0.4) is 0 Å². The lowest BCUT2D eigenvalue weighted by Gasteiger charge is -2.18. The van der Waals surface area contributed by atoms with E-state index in [1.54, 1.807) is 30.5 Å². The average molecular weight is 688 g/mol. The van der Waals surface area contributed by atoms with Crippen LogP contribution in [0.25, 0.3) is 20.7 Å². The molecular formula is C37H35F2N3O6S. The third-order valence-electron chi connectivity index (χ3n) is 7.45. The Morgan fingerprint density at radius 3 is 2.02 bits per heavy atom. The Kier molecular flexibility index (Phi) is 11.9. The third-order valence-corrected chi connectivity index (χ3v) is 8.77. The molecule has 2 aromatic heterocycles. The van der Waals surface area contributed by atoms with Crippen molar-refractivity contribution in [2.24, 2.45) is 5.92 Å². The Balaban J connectivity index is 0.000000603. The van der Waals surface area contributed by atoms with Gasteiger partial charge in [-0.15, -0.1) is 11.3 Å². The summed E-state index contributed by atoms with van der Waals surface area (Å²) in [4.78, 5) is 49.9. The van der Waals surface area contributed by atoms with E-state index in [1.165, 1.54) is 35.7 Å². The van der Waals surface area contributed by atoms with Crippen LogP contribution in [0.5, 0.6) is 0 Å². The van der Waals surface area contributed by atoms with Crippen molar-refractivity contribution < 1.29 is 33.4 Å². The van der Waals surface area contributed by atoms with Gasteiger partial charge in [0.2, 0.25) is 5.43 Å². The number of thiophene rings is 1. The molecule has 0 spiro atoms. The highest BCUT2D eigenvalue weighted by molar-refractivity contribution is 7.22. The van der Waals surface area contributed by atoms with Gasteiger partial charge in [-0.2, -0.15) is 0 Å². The summed E-state index contributed by atoms with van der Waals surface area (Å²) in [7, 11) is 1.97. The molecule has 0 unspecified atom stereocenters. The quantitative estimate of drug-likeness (QED) is 0.0780. The van der Waals surface area contributed by atoms with Crippen molar-refractivity contribution in [1.29, 1.82) is 0 Å². The second-order valence-corrected chi connectivity index (χ2v) is 12.6. The number of nitrogens with zero attached hydrogens (tertiary/aromatic N) is 2. The molecule has 0 radical (unpaired) electrons. The number of Topliss-reactive ketones (excluding diaryl/α,β-unsaturated/α-hetero) is 1. The maximum atomic E-state index is 14.8. The number of anilines is 1. The summed E-state index contributed by atoms with van der Waals surface area (Å²) in [5.74, 6) is -4.64. The number of hydrogen-bond donors (Lipinski definition) is 3. The Morgan fingerprint density at radius 2 is 1.47 bits per heavy atom. The van der Waals surface area contributed by atoms with Gasteiger partial charge in [0.15, 0.2) is 5.78 Å². The predicted molar refractivity (Wildman–Crippen MR) is 187 cm³/mol. The molecule has 0 aliphatic heterocycles. The predicted octanol–water partition coefficient (Wildman–Crippen LogP) is 6.82. The smallest absolute Gasteiger partial charge is 0.328 e. The van der Waals surface area contributed by atoms with Crippen molar-refractivity contribution in [3.63, 3.8) is 0 Å². The molecule has 254 valence electrons. The Bertz CT molecular complexity index is 2040. The molecule has 0 saturated carbocycles. The molecule has 0 saturated heterocycles. The van der Waals surface area contributed by atoms with Gasteiger partial charge in [0.1, 0.15) is 16.5 Å². The number of rotatable bonds is 11. The average Bonchev–Trinajstić information content (AvgIpc) is 3.43. The van der Waals surface area contributed by atoms with Crippen LogP contribution in [0.15, 0.2) is 95.9 Å². The number of halogens is 2. The van der Waals surface area contributed by atoms with Gasteiger partial charge < -0.3 is 20.5 Å². The summed E-state index contributed by atoms with van der Waals surface area (Å²) in [6, 6.07) is 21.1. The van der Waals surface area contributed by atoms with Gasteiger partial charge in [-0.3, -0.25) is 14.5 Å². The number of carboxylic acids is 2. The van der Waals surface area contributed by atoms with Crippen molar-refractivity contribution in [3.8, 4) is 10.4 Å². The molecule has 0 fully saturated rings. The van der Waals surface area contributed by atoms with Crippen molar-refractivity contribution in [3.05, 3.63) is 135 Å². The molecule has 0 atom stereocenters. The second-order valence-electron chi connectivity index (χ2n) is 11.6. The summed E-state index contributed by atoms with van der Waals surface area (Å²) < 4.78 is 31.2. The summed E-state index contributed by atoms with van der Waals surface area (Å²) in [6.45, 7) is 4.34. The maximum absolute atomic E-state index is 14.8. The van der Waals surface area contributed by atoms with Gasteiger partial charge in [-0.05, 0) is 48.0 Å². The number of aromatic nitrogens is 1. The first-order valence-corrected chi connectivity index (χ1v) is 16.0. The zero-order valence-electron chi connectivity index (χ0n) is 27.0. The van der Waals surface area contributed by atoms with Crippen LogP contribution in [-0.2, 0) is 29.2 Å². The van der Waals surface area contributed by atoms with E-state index < -0.39 is 29.5 Å². The number of hydrogen-bond acceptors (Lipinski definition) is 7. The molecular weight excluding hydrogens is 652 g/mol. The van der Waals surface area contributed by atoms with E-state index >= 15 is 0 Å². The number of ketones is 1. The molecule has 49 heavy (non-hydrogen) atoms. The number of carboxylic acid groups (broad SMARTS) is 2. The number of nitrogens with two attached hydrogens (primary N) is 1. The summed E-state index contributed by atoms with van der Waals surface area (Å²) in [5.41, 5.74) is 8.82. The number of carbonyl (C=O) groups excluding carboxylic acids is 1. The number of pyridine rings is 1. The fourth-order valence-electron chi connectivity index (χ4n) is 5.14. The first-order chi connectivity index (χ1) is 23.3. The van der Waals surface area contributed by atoms with Crippen LogP contribution < -0.4 is 11.2 Å². The molecule has 0 amide bonds. The molecule has 0 aliphatic rings. The molecule has 4 N–H and O–H groups in total. The minimum absolute atomic E-state index is 0.0119. The fraction of sp³-hybridized carbons (Fsp3) is 0.189. The van der Waals surface area contributed by atoms with Crippen LogP contribution in [0.1, 0.15) is 40.9 Å². The van der Waals surface area contributed by atoms with Crippen LogP contribution in [0, 0.1) is 17.6 Å². The van der Waals surface area contributed by atoms with Crippen LogP contribution in [-0.4, -0.2) is 44.4 Å². The van der Waals surface area contributed by atoms with Gasteiger partial charge in [-0.25, -0.2) is 18.4 Å². The van der Waals surface area contributed by atoms with E-state index in [0.717, 1.165) is 21.6 Å². The number of benzene rings is 3. The largest absolute Gasteiger partial charge is 0.478 e. The van der Waals surface area contributed by atoms with Gasteiger partial charge in [0.25, 0.3) is 0 Å². The first-order valence-electron chi connectivity index (χ1n) is 15.1. The minimum Gasteiger partial charge on any atom is -0.478 e. The summed E-state index contributed by atoms with van der Waals surface area (Å²) in [5, 5.41) is 16.0. The van der Waals surface area contributed by atoms with Crippen LogP contribution in [0.4, 0.5) is 14.5 Å². The molecule has 3 aromatic carbocycles. The SMILES string of the molecule is CC(C)C(=O)c1cn(Cc2c(F)cccc2F)c2sc(-c3ccc(N)cc3)c(CN(C)Cc3ccccc3)c2c1=O.O=C(O)/C=C/C(=O)O. The summed E-state index contributed by atoms with van der Waals surface area (Å²) in [6.07, 6.45) is 2.57. The van der Waals surface area contributed by atoms with Crippen molar-refractivity contribution in [1.82, 2.24) is 9.47 Å². The van der Waals surface area contributed by atoms with Gasteiger partial charge in [0, 0.05) is 53.5 Å². The maximum Gasteiger partial charge on any atom is 0.328 e.